The summed E-state index contributed by atoms with van der Waals surface area (Å²) >= 11 is 0. The van der Waals surface area contributed by atoms with Crippen molar-refractivity contribution in [3.63, 3.8) is 0 Å². The Morgan fingerprint density at radius 1 is 0.917 bits per heavy atom. The Kier molecular flexibility index (Phi) is 5.75. The zero-order valence-electron chi connectivity index (χ0n) is 20.2. The van der Waals surface area contributed by atoms with Crippen LogP contribution < -0.4 is 4.74 Å². The van der Waals surface area contributed by atoms with Crippen molar-refractivity contribution < 1.29 is 23.5 Å². The van der Waals surface area contributed by atoms with Gasteiger partial charge in [-0.2, -0.15) is 0 Å². The number of hydrogen-bond acceptors (Lipinski definition) is 4. The number of rotatable bonds is 5. The molecule has 6 heteroatoms. The van der Waals surface area contributed by atoms with Gasteiger partial charge in [-0.05, 0) is 66.1 Å². The van der Waals surface area contributed by atoms with Crippen LogP contribution in [0.15, 0.2) is 66.7 Å². The molecule has 3 aliphatic rings. The molecule has 0 spiro atoms. The molecular formula is C30H28FNO4. The number of ketones is 1. The number of amides is 1. The molecule has 1 amide bonds. The van der Waals surface area contributed by atoms with Gasteiger partial charge in [0.2, 0.25) is 0 Å². The molecule has 0 N–H and O–H groups in total. The van der Waals surface area contributed by atoms with E-state index in [1.165, 1.54) is 41.5 Å². The number of benzene rings is 3. The van der Waals surface area contributed by atoms with Crippen LogP contribution in [-0.2, 0) is 4.74 Å². The van der Waals surface area contributed by atoms with Crippen molar-refractivity contribution in [1.29, 1.82) is 0 Å². The minimum atomic E-state index is -0.539. The lowest BCUT2D eigenvalue weighted by atomic mass is 9.85. The number of carbonyl (C=O) groups is 2. The van der Waals surface area contributed by atoms with Crippen molar-refractivity contribution in [2.45, 2.75) is 43.7 Å². The van der Waals surface area contributed by atoms with Gasteiger partial charge in [-0.15, -0.1) is 0 Å². The van der Waals surface area contributed by atoms with Crippen LogP contribution in [0, 0.1) is 11.7 Å². The molecule has 6 rings (SSSR count). The minimum Gasteiger partial charge on any atom is -0.494 e. The lowest BCUT2D eigenvalue weighted by Crippen LogP contribution is -2.48. The Morgan fingerprint density at radius 2 is 1.53 bits per heavy atom. The lowest BCUT2D eigenvalue weighted by molar-refractivity contribution is 0.0506. The Morgan fingerprint density at radius 3 is 2.11 bits per heavy atom. The van der Waals surface area contributed by atoms with Gasteiger partial charge in [0.15, 0.2) is 17.3 Å². The molecule has 2 heterocycles. The molecule has 0 radical (unpaired) electrons. The van der Waals surface area contributed by atoms with Crippen LogP contribution in [-0.4, -0.2) is 42.6 Å². The molecule has 0 saturated carbocycles. The molecule has 2 saturated heterocycles. The van der Waals surface area contributed by atoms with Crippen molar-refractivity contribution in [3.8, 4) is 16.9 Å². The summed E-state index contributed by atoms with van der Waals surface area (Å²) in [6.07, 6.45) is 2.57. The molecule has 1 aliphatic carbocycles. The first-order valence-corrected chi connectivity index (χ1v) is 12.6. The van der Waals surface area contributed by atoms with E-state index in [-0.39, 0.29) is 48.2 Å². The molecule has 5 nitrogen and oxygen atoms in total. The Labute approximate surface area is 209 Å². The predicted molar refractivity (Wildman–Crippen MR) is 134 cm³/mol. The van der Waals surface area contributed by atoms with Gasteiger partial charge >= 0.3 is 6.09 Å². The number of halogens is 1. The van der Waals surface area contributed by atoms with Crippen LogP contribution in [0.25, 0.3) is 11.1 Å². The van der Waals surface area contributed by atoms with Crippen molar-refractivity contribution in [2.24, 2.45) is 5.92 Å². The average Bonchev–Trinajstić information content (AvgIpc) is 3.37. The minimum absolute atomic E-state index is 0.0167. The van der Waals surface area contributed by atoms with Gasteiger partial charge in [0.1, 0.15) is 6.61 Å². The first-order chi connectivity index (χ1) is 17.5. The Hall–Kier alpha value is -3.67. The summed E-state index contributed by atoms with van der Waals surface area (Å²) in [7, 11) is 1.40. The molecule has 3 aromatic carbocycles. The first kappa shape index (κ1) is 22.8. The summed E-state index contributed by atoms with van der Waals surface area (Å²) in [5.74, 6) is -0.698. The van der Waals surface area contributed by atoms with E-state index in [0.29, 0.717) is 18.4 Å². The molecule has 2 bridgehead atoms. The molecule has 2 fully saturated rings. The highest BCUT2D eigenvalue weighted by atomic mass is 19.1. The summed E-state index contributed by atoms with van der Waals surface area (Å²) in [6.45, 7) is 0.288. The second-order valence-electron chi connectivity index (χ2n) is 9.98. The smallest absolute Gasteiger partial charge is 0.410 e. The summed E-state index contributed by atoms with van der Waals surface area (Å²) in [4.78, 5) is 28.2. The molecule has 2 aliphatic heterocycles. The molecule has 2 atom stereocenters. The number of methoxy groups -OCH3 is 1. The standard InChI is InChI=1S/C30H28FNO4/c1-35-28-13-10-18(16-27(28)31)29(33)19-14-20-11-12-21(15-19)32(20)30(34)36-17-26-24-8-4-2-6-22(24)23-7-3-5-9-25(23)26/h2-10,13,16,19-21,26H,11-12,14-15,17H2,1H3. The van der Waals surface area contributed by atoms with Crippen LogP contribution in [0.4, 0.5) is 9.18 Å². The third kappa shape index (κ3) is 3.76. The van der Waals surface area contributed by atoms with E-state index in [2.05, 4.69) is 24.3 Å². The van der Waals surface area contributed by atoms with Crippen LogP contribution in [0.3, 0.4) is 0 Å². The molecule has 2 unspecified atom stereocenters. The van der Waals surface area contributed by atoms with Gasteiger partial charge in [0, 0.05) is 29.5 Å². The predicted octanol–water partition coefficient (Wildman–Crippen LogP) is 6.21. The Bertz CT molecular complexity index is 1280. The zero-order chi connectivity index (χ0) is 24.8. The van der Waals surface area contributed by atoms with Crippen LogP contribution >= 0.6 is 0 Å². The zero-order valence-corrected chi connectivity index (χ0v) is 20.2. The van der Waals surface area contributed by atoms with E-state index < -0.39 is 5.82 Å². The van der Waals surface area contributed by atoms with Crippen LogP contribution in [0.5, 0.6) is 5.75 Å². The van der Waals surface area contributed by atoms with Crippen molar-refractivity contribution in [2.75, 3.05) is 13.7 Å². The highest BCUT2D eigenvalue weighted by molar-refractivity contribution is 5.98. The SMILES string of the molecule is COc1ccc(C(=O)C2CC3CCC(C2)N3C(=O)OCC2c3ccccc3-c3ccccc32)cc1F. The van der Waals surface area contributed by atoms with Crippen LogP contribution in [0.2, 0.25) is 0 Å². The maximum absolute atomic E-state index is 14.2. The third-order valence-corrected chi connectivity index (χ3v) is 8.09. The van der Waals surface area contributed by atoms with E-state index in [9.17, 15) is 14.0 Å². The van der Waals surface area contributed by atoms with Crippen molar-refractivity contribution in [1.82, 2.24) is 4.90 Å². The number of fused-ring (bicyclic) bond motifs is 5. The molecule has 36 heavy (non-hydrogen) atoms. The van der Waals surface area contributed by atoms with E-state index in [1.54, 1.807) is 6.07 Å². The maximum atomic E-state index is 14.2. The largest absolute Gasteiger partial charge is 0.494 e. The van der Waals surface area contributed by atoms with Crippen molar-refractivity contribution >= 4 is 11.9 Å². The van der Waals surface area contributed by atoms with Gasteiger partial charge in [0.25, 0.3) is 0 Å². The van der Waals surface area contributed by atoms with Gasteiger partial charge in [0.05, 0.1) is 7.11 Å². The fourth-order valence-electron chi connectivity index (χ4n) is 6.41. The highest BCUT2D eigenvalue weighted by Crippen LogP contribution is 2.45. The van der Waals surface area contributed by atoms with Gasteiger partial charge in [-0.1, -0.05) is 48.5 Å². The normalized spacial score (nSPS) is 22.2. The number of carbonyl (C=O) groups excluding carboxylic acids is 2. The summed E-state index contributed by atoms with van der Waals surface area (Å²) in [6, 6.07) is 20.9. The van der Waals surface area contributed by atoms with E-state index in [0.717, 1.165) is 12.8 Å². The maximum Gasteiger partial charge on any atom is 0.410 e. The molecular weight excluding hydrogens is 457 g/mol. The topological polar surface area (TPSA) is 55.8 Å². The van der Waals surface area contributed by atoms with Crippen molar-refractivity contribution in [3.05, 3.63) is 89.2 Å². The first-order valence-electron chi connectivity index (χ1n) is 12.6. The molecule has 3 aromatic rings. The van der Waals surface area contributed by atoms with Gasteiger partial charge < -0.3 is 14.4 Å². The fraction of sp³-hybridized carbons (Fsp3) is 0.333. The number of ether oxygens (including phenoxy) is 2. The quantitative estimate of drug-likeness (QED) is 0.403. The monoisotopic (exact) mass is 485 g/mol. The molecule has 0 aromatic heterocycles. The van der Waals surface area contributed by atoms with E-state index in [4.69, 9.17) is 9.47 Å². The second kappa shape index (κ2) is 9.08. The third-order valence-electron chi connectivity index (χ3n) is 8.09. The number of piperidine rings is 1. The molecule has 184 valence electrons. The number of Topliss-reactive ketones (excluding diaryl/α,β-unsaturated/α-hetero) is 1. The lowest BCUT2D eigenvalue weighted by Gasteiger charge is -2.37. The van der Waals surface area contributed by atoms with E-state index in [1.807, 2.05) is 29.2 Å². The number of nitrogens with zero attached hydrogens (tertiary/aromatic N) is 1. The summed E-state index contributed by atoms with van der Waals surface area (Å²) in [5.41, 5.74) is 5.12. The van der Waals surface area contributed by atoms with Gasteiger partial charge in [-0.25, -0.2) is 9.18 Å². The summed E-state index contributed by atoms with van der Waals surface area (Å²) < 4.78 is 25.0. The second-order valence-corrected chi connectivity index (χ2v) is 9.98. The summed E-state index contributed by atoms with van der Waals surface area (Å²) in [5, 5.41) is 0. The highest BCUT2D eigenvalue weighted by Gasteiger charge is 2.46. The van der Waals surface area contributed by atoms with Gasteiger partial charge in [-0.3, -0.25) is 4.79 Å². The fourth-order valence-corrected chi connectivity index (χ4v) is 6.41. The Balaban J connectivity index is 1.14. The number of hydrogen-bond donors (Lipinski definition) is 0. The average molecular weight is 486 g/mol. The van der Waals surface area contributed by atoms with Crippen LogP contribution in [0.1, 0.15) is 53.1 Å². The van der Waals surface area contributed by atoms with E-state index >= 15 is 0 Å².